The van der Waals surface area contributed by atoms with Gasteiger partial charge in [-0.05, 0) is 12.8 Å². The summed E-state index contributed by atoms with van der Waals surface area (Å²) in [6, 6.07) is -0.844. The summed E-state index contributed by atoms with van der Waals surface area (Å²) < 4.78 is 42.0. The van der Waals surface area contributed by atoms with Gasteiger partial charge < -0.3 is 10.5 Å². The summed E-state index contributed by atoms with van der Waals surface area (Å²) >= 11 is 0. The van der Waals surface area contributed by atoms with Crippen molar-refractivity contribution in [3.63, 3.8) is 0 Å². The predicted molar refractivity (Wildman–Crippen MR) is 35.4 cm³/mol. The second-order valence-electron chi connectivity index (χ2n) is 3.44. The van der Waals surface area contributed by atoms with Crippen LogP contribution in [0.5, 0.6) is 0 Å². The Hall–Kier alpha value is -0.290. The number of hydrogen-bond donors (Lipinski definition) is 1. The third-order valence-corrected chi connectivity index (χ3v) is 2.71. The molecule has 2 rings (SSSR count). The molecule has 2 bridgehead atoms. The molecule has 0 aliphatic carbocycles. The van der Waals surface area contributed by atoms with Crippen LogP contribution in [0.25, 0.3) is 0 Å². The zero-order chi connectivity index (χ0) is 8.93. The van der Waals surface area contributed by atoms with E-state index in [0.29, 0.717) is 12.8 Å². The summed E-state index contributed by atoms with van der Waals surface area (Å²) in [6.07, 6.45) is -4.05. The number of hydrogen-bond acceptors (Lipinski definition) is 2. The van der Waals surface area contributed by atoms with Gasteiger partial charge in [0.05, 0.1) is 18.1 Å². The highest BCUT2D eigenvalue weighted by atomic mass is 19.4. The van der Waals surface area contributed by atoms with Gasteiger partial charge in [-0.1, -0.05) is 0 Å². The summed E-state index contributed by atoms with van der Waals surface area (Å²) in [4.78, 5) is 0. The van der Waals surface area contributed by atoms with Gasteiger partial charge in [-0.15, -0.1) is 0 Å². The van der Waals surface area contributed by atoms with Gasteiger partial charge in [-0.2, -0.15) is 13.2 Å². The van der Waals surface area contributed by atoms with Crippen LogP contribution in [0.2, 0.25) is 0 Å². The van der Waals surface area contributed by atoms with Crippen LogP contribution >= 0.6 is 0 Å². The number of fused-ring (bicyclic) bond motifs is 2. The van der Waals surface area contributed by atoms with Gasteiger partial charge in [0, 0.05) is 6.04 Å². The smallest absolute Gasteiger partial charge is 0.373 e. The molecule has 0 unspecified atom stereocenters. The Morgan fingerprint density at radius 3 is 2.08 bits per heavy atom. The molecule has 70 valence electrons. The summed E-state index contributed by atoms with van der Waals surface area (Å²) in [5.41, 5.74) is 5.41. The number of ether oxygens (including phenoxy) is 1. The highest BCUT2D eigenvalue weighted by Gasteiger charge is 2.58. The molecule has 0 aromatic rings. The molecule has 0 saturated carbocycles. The van der Waals surface area contributed by atoms with Crippen molar-refractivity contribution in [2.45, 2.75) is 37.3 Å². The maximum atomic E-state index is 12.3. The minimum atomic E-state index is -4.20. The lowest BCUT2D eigenvalue weighted by atomic mass is 9.85. The van der Waals surface area contributed by atoms with Crippen LogP contribution in [0.3, 0.4) is 0 Å². The predicted octanol–water partition coefficient (Wildman–Crippen LogP) is 1.05. The Bertz CT molecular complexity index is 192. The van der Waals surface area contributed by atoms with E-state index in [-0.39, 0.29) is 6.10 Å². The van der Waals surface area contributed by atoms with Gasteiger partial charge in [0.1, 0.15) is 0 Å². The molecule has 2 saturated heterocycles. The van der Waals surface area contributed by atoms with Crippen molar-refractivity contribution < 1.29 is 17.9 Å². The van der Waals surface area contributed by atoms with Crippen molar-refractivity contribution in [3.05, 3.63) is 0 Å². The lowest BCUT2D eigenvalue weighted by Gasteiger charge is -2.26. The van der Waals surface area contributed by atoms with Crippen molar-refractivity contribution in [1.29, 1.82) is 0 Å². The van der Waals surface area contributed by atoms with Gasteiger partial charge in [-0.3, -0.25) is 0 Å². The van der Waals surface area contributed by atoms with E-state index >= 15 is 0 Å². The second-order valence-corrected chi connectivity index (χ2v) is 3.44. The van der Waals surface area contributed by atoms with Crippen LogP contribution in [-0.2, 0) is 4.74 Å². The first kappa shape index (κ1) is 8.31. The van der Waals surface area contributed by atoms with E-state index in [0.717, 1.165) is 0 Å². The lowest BCUT2D eigenvalue weighted by Crippen LogP contribution is -2.47. The van der Waals surface area contributed by atoms with Gasteiger partial charge in [0.2, 0.25) is 0 Å². The Morgan fingerprint density at radius 1 is 1.17 bits per heavy atom. The SMILES string of the molecule is N[C@@H]1[C@@H](C(F)(F)F)[C@@H]2CC[C@H]1O2. The first-order chi connectivity index (χ1) is 5.50. The third kappa shape index (κ3) is 1.03. The molecule has 2 nitrogen and oxygen atoms in total. The number of alkyl halides is 3. The van der Waals surface area contributed by atoms with Crippen LogP contribution in [0.1, 0.15) is 12.8 Å². The van der Waals surface area contributed by atoms with E-state index in [4.69, 9.17) is 10.5 Å². The summed E-state index contributed by atoms with van der Waals surface area (Å²) in [5.74, 6) is -1.43. The maximum Gasteiger partial charge on any atom is 0.395 e. The molecule has 2 N–H and O–H groups in total. The summed E-state index contributed by atoms with van der Waals surface area (Å²) in [7, 11) is 0. The van der Waals surface area contributed by atoms with E-state index in [1.807, 2.05) is 0 Å². The van der Waals surface area contributed by atoms with Crippen molar-refractivity contribution in [3.8, 4) is 0 Å². The van der Waals surface area contributed by atoms with Crippen molar-refractivity contribution in [1.82, 2.24) is 0 Å². The maximum absolute atomic E-state index is 12.3. The average molecular weight is 181 g/mol. The molecular formula is C7H10F3NO. The zero-order valence-electron chi connectivity index (χ0n) is 6.34. The molecule has 2 heterocycles. The molecule has 4 atom stereocenters. The van der Waals surface area contributed by atoms with Crippen LogP contribution in [-0.4, -0.2) is 24.4 Å². The van der Waals surface area contributed by atoms with Gasteiger partial charge in [0.15, 0.2) is 0 Å². The van der Waals surface area contributed by atoms with Crippen molar-refractivity contribution >= 4 is 0 Å². The summed E-state index contributed by atoms with van der Waals surface area (Å²) in [5, 5.41) is 0. The Morgan fingerprint density at radius 2 is 1.75 bits per heavy atom. The fourth-order valence-electron chi connectivity index (χ4n) is 2.14. The van der Waals surface area contributed by atoms with Crippen LogP contribution in [0.15, 0.2) is 0 Å². The molecule has 2 aliphatic heterocycles. The standard InChI is InChI=1S/C7H10F3NO/c8-7(9,10)5-3-1-2-4(12-3)6(5)11/h3-6H,1-2,11H2/t3-,4+,5-,6-/m0/s1. The largest absolute Gasteiger partial charge is 0.395 e. The second kappa shape index (κ2) is 2.35. The summed E-state index contributed by atoms with van der Waals surface area (Å²) in [6.45, 7) is 0. The Labute approximate surface area is 67.9 Å². The van der Waals surface area contributed by atoms with Gasteiger partial charge in [-0.25, -0.2) is 0 Å². The zero-order valence-corrected chi connectivity index (χ0v) is 6.34. The number of rotatable bonds is 0. The molecule has 5 heteroatoms. The third-order valence-electron chi connectivity index (χ3n) is 2.71. The van der Waals surface area contributed by atoms with E-state index < -0.39 is 24.2 Å². The van der Waals surface area contributed by atoms with Crippen molar-refractivity contribution in [2.24, 2.45) is 11.7 Å². The molecular weight excluding hydrogens is 171 g/mol. The molecule has 12 heavy (non-hydrogen) atoms. The first-order valence-electron chi connectivity index (χ1n) is 3.98. The van der Waals surface area contributed by atoms with Crippen LogP contribution in [0, 0.1) is 5.92 Å². The minimum Gasteiger partial charge on any atom is -0.373 e. The normalized spacial score (nSPS) is 47.0. The molecule has 0 aromatic carbocycles. The molecule has 0 radical (unpaired) electrons. The number of nitrogens with two attached hydrogens (primary N) is 1. The van der Waals surface area contributed by atoms with Crippen LogP contribution < -0.4 is 5.73 Å². The molecule has 0 aromatic heterocycles. The Balaban J connectivity index is 2.17. The monoisotopic (exact) mass is 181 g/mol. The highest BCUT2D eigenvalue weighted by molar-refractivity contribution is 5.01. The Kier molecular flexibility index (Phi) is 1.63. The van der Waals surface area contributed by atoms with E-state index in [9.17, 15) is 13.2 Å². The van der Waals surface area contributed by atoms with Gasteiger partial charge in [0.25, 0.3) is 0 Å². The first-order valence-corrected chi connectivity index (χ1v) is 3.98. The lowest BCUT2D eigenvalue weighted by molar-refractivity contribution is -0.188. The van der Waals surface area contributed by atoms with E-state index in [2.05, 4.69) is 0 Å². The molecule has 2 aliphatic rings. The van der Waals surface area contributed by atoms with Gasteiger partial charge >= 0.3 is 6.18 Å². The molecule has 0 amide bonds. The fraction of sp³-hybridized carbons (Fsp3) is 1.00. The highest BCUT2D eigenvalue weighted by Crippen LogP contribution is 2.45. The minimum absolute atomic E-state index is 0.360. The number of halogens is 3. The quantitative estimate of drug-likeness (QED) is 0.606. The van der Waals surface area contributed by atoms with Crippen LogP contribution in [0.4, 0.5) is 13.2 Å². The molecule has 2 fully saturated rings. The fourth-order valence-corrected chi connectivity index (χ4v) is 2.14. The van der Waals surface area contributed by atoms with E-state index in [1.54, 1.807) is 0 Å². The molecule has 0 spiro atoms. The topological polar surface area (TPSA) is 35.2 Å². The van der Waals surface area contributed by atoms with E-state index in [1.165, 1.54) is 0 Å². The van der Waals surface area contributed by atoms with Crippen molar-refractivity contribution in [2.75, 3.05) is 0 Å². The average Bonchev–Trinajstić information content (AvgIpc) is 2.42.